The fraction of sp³-hybridized carbons (Fsp3) is 0.900. The highest BCUT2D eigenvalue weighted by Crippen LogP contribution is 2.15. The minimum absolute atomic E-state index is 0.0144. The van der Waals surface area contributed by atoms with E-state index in [-0.39, 0.29) is 18.7 Å². The number of nitrogens with one attached hydrogen (secondary N) is 1. The van der Waals surface area contributed by atoms with E-state index in [9.17, 15) is 14.7 Å². The standard InChI is InChI=1S/C20H40N2O3/c1-3-4-5-6-7-8-9-10-11-12-13-14-17-20(2,25)22-19(24)16-15-18(21)23/h25H,3-17H2,1-2H3,(H2,21,23)(H,22,24). The first-order valence-electron chi connectivity index (χ1n) is 10.2. The number of aliphatic hydroxyl groups is 1. The number of hydrogen-bond acceptors (Lipinski definition) is 3. The summed E-state index contributed by atoms with van der Waals surface area (Å²) in [5.41, 5.74) is 3.81. The Morgan fingerprint density at radius 1 is 0.840 bits per heavy atom. The van der Waals surface area contributed by atoms with E-state index in [0.29, 0.717) is 6.42 Å². The van der Waals surface area contributed by atoms with E-state index in [1.54, 1.807) is 6.92 Å². The van der Waals surface area contributed by atoms with Gasteiger partial charge in [-0.05, 0) is 19.8 Å². The molecule has 0 fully saturated rings. The minimum atomic E-state index is -1.20. The first-order valence-corrected chi connectivity index (χ1v) is 10.2. The molecule has 25 heavy (non-hydrogen) atoms. The number of unbranched alkanes of at least 4 members (excludes halogenated alkanes) is 11. The zero-order chi connectivity index (χ0) is 19.0. The van der Waals surface area contributed by atoms with Gasteiger partial charge in [0.05, 0.1) is 0 Å². The fourth-order valence-corrected chi connectivity index (χ4v) is 2.97. The molecule has 0 heterocycles. The first kappa shape index (κ1) is 23.9. The van der Waals surface area contributed by atoms with Crippen LogP contribution in [0.3, 0.4) is 0 Å². The minimum Gasteiger partial charge on any atom is -0.371 e. The normalized spacial score (nSPS) is 13.4. The van der Waals surface area contributed by atoms with Crippen molar-refractivity contribution in [1.82, 2.24) is 5.32 Å². The quantitative estimate of drug-likeness (QED) is 0.270. The molecule has 0 aromatic heterocycles. The summed E-state index contributed by atoms with van der Waals surface area (Å²) in [4.78, 5) is 22.2. The lowest BCUT2D eigenvalue weighted by Gasteiger charge is -2.24. The number of carbonyl (C=O) groups is 2. The van der Waals surface area contributed by atoms with Crippen molar-refractivity contribution in [2.75, 3.05) is 0 Å². The van der Waals surface area contributed by atoms with Crippen LogP contribution in [0.5, 0.6) is 0 Å². The van der Waals surface area contributed by atoms with Gasteiger partial charge in [0.15, 0.2) is 0 Å². The molecule has 1 unspecified atom stereocenters. The van der Waals surface area contributed by atoms with Crippen molar-refractivity contribution < 1.29 is 14.7 Å². The van der Waals surface area contributed by atoms with Gasteiger partial charge in [-0.15, -0.1) is 0 Å². The molecule has 0 aliphatic heterocycles. The Kier molecular flexibility index (Phi) is 14.5. The predicted octanol–water partition coefficient (Wildman–Crippen LogP) is 4.17. The van der Waals surface area contributed by atoms with Gasteiger partial charge in [-0.25, -0.2) is 0 Å². The third kappa shape index (κ3) is 17.5. The van der Waals surface area contributed by atoms with Crippen LogP contribution in [-0.4, -0.2) is 22.6 Å². The number of hydrogen-bond donors (Lipinski definition) is 3. The highest BCUT2D eigenvalue weighted by Gasteiger charge is 2.21. The molecule has 0 aromatic carbocycles. The molecule has 0 saturated carbocycles. The van der Waals surface area contributed by atoms with E-state index >= 15 is 0 Å². The van der Waals surface area contributed by atoms with Crippen molar-refractivity contribution >= 4 is 11.8 Å². The van der Waals surface area contributed by atoms with E-state index in [1.807, 2.05) is 0 Å². The molecule has 0 rings (SSSR count). The summed E-state index contributed by atoms with van der Waals surface area (Å²) >= 11 is 0. The number of rotatable bonds is 17. The summed E-state index contributed by atoms with van der Waals surface area (Å²) in [5, 5.41) is 12.7. The number of carbonyl (C=O) groups excluding carboxylic acids is 2. The van der Waals surface area contributed by atoms with Crippen molar-refractivity contribution in [1.29, 1.82) is 0 Å². The van der Waals surface area contributed by atoms with Gasteiger partial charge in [-0.2, -0.15) is 0 Å². The average molecular weight is 357 g/mol. The second-order valence-corrected chi connectivity index (χ2v) is 7.43. The number of nitrogens with two attached hydrogens (primary N) is 1. The van der Waals surface area contributed by atoms with Crippen LogP contribution in [-0.2, 0) is 9.59 Å². The molecule has 0 aliphatic carbocycles. The molecular weight excluding hydrogens is 316 g/mol. The van der Waals surface area contributed by atoms with E-state index in [2.05, 4.69) is 12.2 Å². The Balaban J connectivity index is 3.47. The molecule has 2 amide bonds. The van der Waals surface area contributed by atoms with Gasteiger partial charge in [0, 0.05) is 12.8 Å². The highest BCUT2D eigenvalue weighted by molar-refractivity contribution is 5.83. The Morgan fingerprint density at radius 3 is 1.72 bits per heavy atom. The summed E-state index contributed by atoms with van der Waals surface area (Å²) in [6.07, 6.45) is 15.8. The second kappa shape index (κ2) is 15.2. The molecule has 5 heteroatoms. The topological polar surface area (TPSA) is 92.4 Å². The second-order valence-electron chi connectivity index (χ2n) is 7.43. The summed E-state index contributed by atoms with van der Waals surface area (Å²) in [7, 11) is 0. The lowest BCUT2D eigenvalue weighted by Crippen LogP contribution is -2.46. The smallest absolute Gasteiger partial charge is 0.222 e. The summed E-state index contributed by atoms with van der Waals surface area (Å²) in [6.45, 7) is 3.85. The zero-order valence-electron chi connectivity index (χ0n) is 16.4. The van der Waals surface area contributed by atoms with Gasteiger partial charge >= 0.3 is 0 Å². The largest absolute Gasteiger partial charge is 0.371 e. The number of primary amides is 1. The van der Waals surface area contributed by atoms with E-state index in [0.717, 1.165) is 12.8 Å². The van der Waals surface area contributed by atoms with Crippen LogP contribution in [0.15, 0.2) is 0 Å². The zero-order valence-corrected chi connectivity index (χ0v) is 16.4. The molecule has 4 N–H and O–H groups in total. The monoisotopic (exact) mass is 356 g/mol. The van der Waals surface area contributed by atoms with Gasteiger partial charge in [0.25, 0.3) is 0 Å². The van der Waals surface area contributed by atoms with Crippen LogP contribution in [0.25, 0.3) is 0 Å². The third-order valence-electron chi connectivity index (χ3n) is 4.52. The van der Waals surface area contributed by atoms with Gasteiger partial charge in [0.1, 0.15) is 5.72 Å². The highest BCUT2D eigenvalue weighted by atomic mass is 16.3. The Hall–Kier alpha value is -1.10. The summed E-state index contributed by atoms with van der Waals surface area (Å²) < 4.78 is 0. The lowest BCUT2D eigenvalue weighted by molar-refractivity contribution is -0.130. The Labute approximate surface area is 154 Å². The van der Waals surface area contributed by atoms with Crippen LogP contribution in [0, 0.1) is 0 Å². The molecule has 148 valence electrons. The Morgan fingerprint density at radius 2 is 1.28 bits per heavy atom. The van der Waals surface area contributed by atoms with Crippen molar-refractivity contribution in [2.45, 2.75) is 116 Å². The van der Waals surface area contributed by atoms with Crippen molar-refractivity contribution in [3.63, 3.8) is 0 Å². The fourth-order valence-electron chi connectivity index (χ4n) is 2.97. The van der Waals surface area contributed by atoms with E-state index in [1.165, 1.54) is 64.2 Å². The average Bonchev–Trinajstić information content (AvgIpc) is 2.53. The molecular formula is C20H40N2O3. The first-order chi connectivity index (χ1) is 11.9. The molecule has 0 spiro atoms. The van der Waals surface area contributed by atoms with Crippen LogP contribution < -0.4 is 11.1 Å². The van der Waals surface area contributed by atoms with Crippen LogP contribution in [0.1, 0.15) is 110 Å². The van der Waals surface area contributed by atoms with Gasteiger partial charge in [-0.1, -0.05) is 77.6 Å². The van der Waals surface area contributed by atoms with Gasteiger partial charge in [0.2, 0.25) is 11.8 Å². The molecule has 0 bridgehead atoms. The maximum Gasteiger partial charge on any atom is 0.222 e. The van der Waals surface area contributed by atoms with E-state index < -0.39 is 11.6 Å². The lowest BCUT2D eigenvalue weighted by atomic mass is 10.0. The predicted molar refractivity (Wildman–Crippen MR) is 103 cm³/mol. The van der Waals surface area contributed by atoms with Crippen molar-refractivity contribution in [3.05, 3.63) is 0 Å². The van der Waals surface area contributed by atoms with Crippen molar-refractivity contribution in [3.8, 4) is 0 Å². The molecule has 0 aromatic rings. The van der Waals surface area contributed by atoms with Gasteiger partial charge in [-0.3, -0.25) is 9.59 Å². The third-order valence-corrected chi connectivity index (χ3v) is 4.52. The van der Waals surface area contributed by atoms with E-state index in [4.69, 9.17) is 5.73 Å². The molecule has 0 aliphatic rings. The molecule has 0 radical (unpaired) electrons. The maximum absolute atomic E-state index is 11.6. The van der Waals surface area contributed by atoms with Gasteiger partial charge < -0.3 is 16.2 Å². The van der Waals surface area contributed by atoms with Crippen LogP contribution in [0.4, 0.5) is 0 Å². The summed E-state index contributed by atoms with van der Waals surface area (Å²) in [5.74, 6) is -0.835. The van der Waals surface area contributed by atoms with Crippen molar-refractivity contribution in [2.24, 2.45) is 5.73 Å². The molecule has 1 atom stereocenters. The summed E-state index contributed by atoms with van der Waals surface area (Å²) in [6, 6.07) is 0. The molecule has 5 nitrogen and oxygen atoms in total. The van der Waals surface area contributed by atoms with Crippen LogP contribution in [0.2, 0.25) is 0 Å². The van der Waals surface area contributed by atoms with Crippen LogP contribution >= 0.6 is 0 Å². The Bertz CT molecular complexity index is 357. The number of amides is 2. The molecule has 0 saturated heterocycles. The SMILES string of the molecule is CCCCCCCCCCCCCCC(C)(O)NC(=O)CCC(N)=O. The maximum atomic E-state index is 11.6.